The second-order valence-corrected chi connectivity index (χ2v) is 6.65. The van der Waals surface area contributed by atoms with Crippen molar-refractivity contribution in [1.29, 1.82) is 0 Å². The van der Waals surface area contributed by atoms with Gasteiger partial charge in [0.2, 0.25) is 0 Å². The standard InChI is InChI=1S/C19H21N3O3/c1-12(25-18(24)14-9-10-20-21-14)16(23)11-17-19(2,3)13-7-5-6-8-15(13)22(17)4/h5-12H,1-4H3,(H,20,21)/b17-11+/t12-/m0/s1. The minimum Gasteiger partial charge on any atom is -0.450 e. The lowest BCUT2D eigenvalue weighted by Crippen LogP contribution is -2.28. The largest absolute Gasteiger partial charge is 0.450 e. The molecule has 2 aromatic rings. The first-order chi connectivity index (χ1) is 11.8. The lowest BCUT2D eigenvalue weighted by atomic mass is 9.83. The number of hydrogen-bond acceptors (Lipinski definition) is 5. The average Bonchev–Trinajstić information content (AvgIpc) is 3.18. The van der Waals surface area contributed by atoms with Crippen molar-refractivity contribution in [2.75, 3.05) is 11.9 Å². The molecular formula is C19H21N3O3. The summed E-state index contributed by atoms with van der Waals surface area (Å²) in [7, 11) is 1.94. The van der Waals surface area contributed by atoms with Gasteiger partial charge in [-0.2, -0.15) is 5.10 Å². The highest BCUT2D eigenvalue weighted by Gasteiger charge is 2.39. The van der Waals surface area contributed by atoms with Gasteiger partial charge in [0.15, 0.2) is 11.9 Å². The Morgan fingerprint density at radius 3 is 2.64 bits per heavy atom. The molecule has 25 heavy (non-hydrogen) atoms. The number of benzene rings is 1. The number of likely N-dealkylation sites (N-methyl/N-ethyl adjacent to an activating group) is 1. The van der Waals surface area contributed by atoms with Gasteiger partial charge in [-0.25, -0.2) is 4.79 Å². The number of aromatic amines is 1. The van der Waals surface area contributed by atoms with Crippen LogP contribution in [0.15, 0.2) is 48.3 Å². The molecule has 2 heterocycles. The maximum Gasteiger partial charge on any atom is 0.357 e. The molecule has 0 saturated heterocycles. The summed E-state index contributed by atoms with van der Waals surface area (Å²) in [5.41, 5.74) is 3.04. The van der Waals surface area contributed by atoms with Crippen molar-refractivity contribution in [1.82, 2.24) is 10.2 Å². The molecule has 0 unspecified atom stereocenters. The maximum absolute atomic E-state index is 12.6. The molecule has 130 valence electrons. The van der Waals surface area contributed by atoms with Crippen LogP contribution in [-0.4, -0.2) is 35.1 Å². The molecule has 1 aromatic heterocycles. The predicted molar refractivity (Wildman–Crippen MR) is 94.4 cm³/mol. The average molecular weight is 339 g/mol. The number of hydrogen-bond donors (Lipinski definition) is 1. The number of allylic oxidation sites excluding steroid dienone is 1. The molecule has 1 atom stereocenters. The van der Waals surface area contributed by atoms with Crippen molar-refractivity contribution < 1.29 is 14.3 Å². The summed E-state index contributed by atoms with van der Waals surface area (Å²) >= 11 is 0. The number of esters is 1. The fraction of sp³-hybridized carbons (Fsp3) is 0.316. The number of rotatable bonds is 4. The van der Waals surface area contributed by atoms with Crippen LogP contribution in [0.1, 0.15) is 36.8 Å². The molecular weight excluding hydrogens is 318 g/mol. The molecule has 0 spiro atoms. The minimum atomic E-state index is -0.879. The number of para-hydroxylation sites is 1. The number of ketones is 1. The first-order valence-electron chi connectivity index (χ1n) is 8.12. The smallest absolute Gasteiger partial charge is 0.357 e. The fourth-order valence-electron chi connectivity index (χ4n) is 3.16. The SMILES string of the molecule is C[C@H](OC(=O)c1ccn[nH]1)C(=O)/C=C1/N(C)c2ccccc2C1(C)C. The van der Waals surface area contributed by atoms with E-state index in [1.807, 2.05) is 30.1 Å². The van der Waals surface area contributed by atoms with Crippen molar-refractivity contribution in [2.45, 2.75) is 32.3 Å². The lowest BCUT2D eigenvalue weighted by Gasteiger charge is -2.24. The van der Waals surface area contributed by atoms with E-state index < -0.39 is 12.1 Å². The van der Waals surface area contributed by atoms with E-state index in [-0.39, 0.29) is 16.9 Å². The van der Waals surface area contributed by atoms with Crippen molar-refractivity contribution in [2.24, 2.45) is 0 Å². The molecule has 0 fully saturated rings. The summed E-state index contributed by atoms with van der Waals surface area (Å²) in [6.45, 7) is 5.73. The topological polar surface area (TPSA) is 75.3 Å². The number of ether oxygens (including phenoxy) is 1. The molecule has 1 aliphatic rings. The number of carbonyl (C=O) groups is 2. The van der Waals surface area contributed by atoms with Gasteiger partial charge in [-0.15, -0.1) is 0 Å². The van der Waals surface area contributed by atoms with Gasteiger partial charge in [0.05, 0.1) is 0 Å². The molecule has 0 bridgehead atoms. The third-order valence-electron chi connectivity index (χ3n) is 4.62. The van der Waals surface area contributed by atoms with Gasteiger partial charge in [-0.1, -0.05) is 32.0 Å². The molecule has 0 radical (unpaired) electrons. The Balaban J connectivity index is 1.80. The molecule has 6 nitrogen and oxygen atoms in total. The summed E-state index contributed by atoms with van der Waals surface area (Å²) in [6, 6.07) is 9.57. The Kier molecular flexibility index (Phi) is 4.20. The van der Waals surface area contributed by atoms with Crippen LogP contribution in [0, 0.1) is 0 Å². The van der Waals surface area contributed by atoms with E-state index in [2.05, 4.69) is 30.1 Å². The second kappa shape index (κ2) is 6.20. The normalized spacial score (nSPS) is 18.1. The highest BCUT2D eigenvalue weighted by molar-refractivity contribution is 5.98. The third kappa shape index (κ3) is 2.95. The van der Waals surface area contributed by atoms with Crippen molar-refractivity contribution in [3.63, 3.8) is 0 Å². The number of carbonyl (C=O) groups excluding carboxylic acids is 2. The number of nitrogens with zero attached hydrogens (tertiary/aromatic N) is 2. The Morgan fingerprint density at radius 1 is 1.28 bits per heavy atom. The summed E-state index contributed by atoms with van der Waals surface area (Å²) in [4.78, 5) is 26.5. The van der Waals surface area contributed by atoms with Crippen LogP contribution in [0.25, 0.3) is 0 Å². The van der Waals surface area contributed by atoms with Crippen LogP contribution < -0.4 is 4.90 Å². The van der Waals surface area contributed by atoms with Crippen molar-refractivity contribution in [3.8, 4) is 0 Å². The number of aromatic nitrogens is 2. The third-order valence-corrected chi connectivity index (χ3v) is 4.62. The van der Waals surface area contributed by atoms with Crippen molar-refractivity contribution >= 4 is 17.4 Å². The van der Waals surface area contributed by atoms with Crippen LogP contribution in [0.2, 0.25) is 0 Å². The molecule has 3 rings (SSSR count). The Hall–Kier alpha value is -2.89. The fourth-order valence-corrected chi connectivity index (χ4v) is 3.16. The number of anilines is 1. The Labute approximate surface area is 146 Å². The summed E-state index contributed by atoms with van der Waals surface area (Å²) in [6.07, 6.45) is 2.15. The Bertz CT molecular complexity index is 837. The number of fused-ring (bicyclic) bond motifs is 1. The van der Waals surface area contributed by atoms with Gasteiger partial charge in [0.25, 0.3) is 0 Å². The zero-order valence-electron chi connectivity index (χ0n) is 14.7. The van der Waals surface area contributed by atoms with Gasteiger partial charge in [0, 0.05) is 36.1 Å². The zero-order valence-corrected chi connectivity index (χ0v) is 14.7. The lowest BCUT2D eigenvalue weighted by molar-refractivity contribution is -0.122. The minimum absolute atomic E-state index is 0.220. The van der Waals surface area contributed by atoms with E-state index in [1.54, 1.807) is 13.0 Å². The molecule has 1 N–H and O–H groups in total. The van der Waals surface area contributed by atoms with Gasteiger partial charge < -0.3 is 9.64 Å². The summed E-state index contributed by atoms with van der Waals surface area (Å²) in [5.74, 6) is -0.852. The summed E-state index contributed by atoms with van der Waals surface area (Å²) in [5, 5.41) is 6.23. The van der Waals surface area contributed by atoms with E-state index in [4.69, 9.17) is 4.74 Å². The van der Waals surface area contributed by atoms with Gasteiger partial charge >= 0.3 is 5.97 Å². The van der Waals surface area contributed by atoms with E-state index >= 15 is 0 Å². The maximum atomic E-state index is 12.6. The predicted octanol–water partition coefficient (Wildman–Crippen LogP) is 2.84. The van der Waals surface area contributed by atoms with Crippen LogP contribution in [-0.2, 0) is 14.9 Å². The van der Waals surface area contributed by atoms with Gasteiger partial charge in [-0.05, 0) is 24.6 Å². The van der Waals surface area contributed by atoms with Crippen LogP contribution >= 0.6 is 0 Å². The molecule has 0 aliphatic carbocycles. The highest BCUT2D eigenvalue weighted by Crippen LogP contribution is 2.46. The molecule has 1 aromatic carbocycles. The van der Waals surface area contributed by atoms with E-state index in [0.29, 0.717) is 0 Å². The van der Waals surface area contributed by atoms with Crippen LogP contribution in [0.5, 0.6) is 0 Å². The first kappa shape index (κ1) is 17.0. The monoisotopic (exact) mass is 339 g/mol. The second-order valence-electron chi connectivity index (χ2n) is 6.65. The molecule has 6 heteroatoms. The first-order valence-corrected chi connectivity index (χ1v) is 8.12. The Morgan fingerprint density at radius 2 is 2.00 bits per heavy atom. The van der Waals surface area contributed by atoms with Crippen LogP contribution in [0.4, 0.5) is 5.69 Å². The molecule has 0 saturated carbocycles. The number of H-pyrrole nitrogens is 1. The highest BCUT2D eigenvalue weighted by atomic mass is 16.5. The molecule has 0 amide bonds. The van der Waals surface area contributed by atoms with E-state index in [1.165, 1.54) is 17.8 Å². The molecule has 1 aliphatic heterocycles. The van der Waals surface area contributed by atoms with Crippen molar-refractivity contribution in [3.05, 3.63) is 59.6 Å². The van der Waals surface area contributed by atoms with Gasteiger partial charge in [-0.3, -0.25) is 9.89 Å². The van der Waals surface area contributed by atoms with E-state index in [0.717, 1.165) is 11.4 Å². The van der Waals surface area contributed by atoms with Gasteiger partial charge in [0.1, 0.15) is 5.69 Å². The summed E-state index contributed by atoms with van der Waals surface area (Å²) < 4.78 is 5.22. The number of nitrogens with one attached hydrogen (secondary N) is 1. The zero-order chi connectivity index (χ0) is 18.2. The quantitative estimate of drug-likeness (QED) is 0.685. The van der Waals surface area contributed by atoms with Crippen LogP contribution in [0.3, 0.4) is 0 Å². The van der Waals surface area contributed by atoms with E-state index in [9.17, 15) is 9.59 Å².